The third-order valence-corrected chi connectivity index (χ3v) is 4.65. The summed E-state index contributed by atoms with van der Waals surface area (Å²) >= 11 is 6.01. The molecule has 33 heavy (non-hydrogen) atoms. The van der Waals surface area contributed by atoms with Gasteiger partial charge in [-0.25, -0.2) is 9.59 Å². The lowest BCUT2D eigenvalue weighted by Crippen LogP contribution is -2.44. The number of esters is 1. The summed E-state index contributed by atoms with van der Waals surface area (Å²) in [6.07, 6.45) is -0.138. The van der Waals surface area contributed by atoms with Gasteiger partial charge < -0.3 is 19.6 Å². The largest absolute Gasteiger partial charge is 0.459 e. The Morgan fingerprint density at radius 1 is 0.970 bits per heavy atom. The molecule has 0 bridgehead atoms. The van der Waals surface area contributed by atoms with Crippen LogP contribution in [0.2, 0.25) is 0 Å². The first kappa shape index (κ1) is 26.2. The predicted octanol–water partition coefficient (Wildman–Crippen LogP) is 5.21. The second-order valence-electron chi connectivity index (χ2n) is 8.38. The van der Waals surface area contributed by atoms with Gasteiger partial charge in [0.1, 0.15) is 24.9 Å². The molecule has 0 heterocycles. The first-order valence-electron chi connectivity index (χ1n) is 10.7. The number of hydrogen-bond donors (Lipinski definition) is 1. The topological polar surface area (TPSA) is 86.2 Å². The normalized spacial score (nSPS) is 12.5. The van der Waals surface area contributed by atoms with Crippen LogP contribution in [0.15, 0.2) is 65.8 Å². The number of carbonyl (C=O) groups excluding carboxylic acids is 2. The van der Waals surface area contributed by atoms with Gasteiger partial charge in [-0.15, -0.1) is 11.6 Å². The smallest absolute Gasteiger partial charge is 0.408 e. The molecule has 1 N–H and O–H groups in total. The van der Waals surface area contributed by atoms with Crippen LogP contribution in [0.25, 0.3) is 0 Å². The van der Waals surface area contributed by atoms with E-state index in [4.69, 9.17) is 25.9 Å². The van der Waals surface area contributed by atoms with E-state index in [-0.39, 0.29) is 18.9 Å². The monoisotopic (exact) mass is 474 g/mol. The van der Waals surface area contributed by atoms with Crippen molar-refractivity contribution in [2.24, 2.45) is 5.16 Å². The van der Waals surface area contributed by atoms with E-state index < -0.39 is 23.7 Å². The number of carbonyl (C=O) groups is 2. The van der Waals surface area contributed by atoms with Gasteiger partial charge in [-0.2, -0.15) is 0 Å². The van der Waals surface area contributed by atoms with E-state index in [0.717, 1.165) is 11.1 Å². The fourth-order valence-corrected chi connectivity index (χ4v) is 2.93. The number of nitrogens with one attached hydrogen (secondary N) is 1. The number of alkyl carbamates (subject to hydrolysis) is 1. The molecule has 8 heteroatoms. The Morgan fingerprint density at radius 2 is 1.55 bits per heavy atom. The molecule has 2 aromatic rings. The van der Waals surface area contributed by atoms with E-state index in [2.05, 4.69) is 10.5 Å². The number of halogens is 1. The standard InChI is InChI=1S/C25H31ClN2O5/c1-25(2,3)33-24(30)27-22(23(29)31-17-19-10-6-4-7-11-19)15-14-21(16-26)28-32-18-20-12-8-5-9-13-20/h4-13,22H,14-18H2,1-3H3,(H,27,30)/b28-21+. The summed E-state index contributed by atoms with van der Waals surface area (Å²) in [6, 6.07) is 18.0. The first-order valence-corrected chi connectivity index (χ1v) is 11.3. The summed E-state index contributed by atoms with van der Waals surface area (Å²) in [5, 5.41) is 6.69. The molecule has 2 rings (SSSR count). The van der Waals surface area contributed by atoms with Crippen LogP contribution in [-0.2, 0) is 32.3 Å². The summed E-state index contributed by atoms with van der Waals surface area (Å²) in [5.41, 5.74) is 1.68. The van der Waals surface area contributed by atoms with Crippen molar-refractivity contribution < 1.29 is 23.9 Å². The average molecular weight is 475 g/mol. The zero-order valence-electron chi connectivity index (χ0n) is 19.3. The summed E-state index contributed by atoms with van der Waals surface area (Å²) in [5.74, 6) is -0.434. The number of oxime groups is 1. The highest BCUT2D eigenvalue weighted by atomic mass is 35.5. The molecule has 0 aliphatic carbocycles. The molecule has 7 nitrogen and oxygen atoms in total. The first-order chi connectivity index (χ1) is 15.8. The number of ether oxygens (including phenoxy) is 2. The van der Waals surface area contributed by atoms with Gasteiger partial charge in [-0.3, -0.25) is 0 Å². The molecule has 0 saturated heterocycles. The van der Waals surface area contributed by atoms with Crippen LogP contribution in [0.1, 0.15) is 44.7 Å². The Morgan fingerprint density at radius 3 is 2.09 bits per heavy atom. The Hall–Kier alpha value is -3.06. The molecule has 0 aliphatic heterocycles. The Balaban J connectivity index is 1.97. The third-order valence-electron chi connectivity index (χ3n) is 4.34. The van der Waals surface area contributed by atoms with Crippen LogP contribution in [0.5, 0.6) is 0 Å². The van der Waals surface area contributed by atoms with E-state index in [9.17, 15) is 9.59 Å². The summed E-state index contributed by atoms with van der Waals surface area (Å²) in [6.45, 7) is 5.65. The molecule has 2 aromatic carbocycles. The highest BCUT2D eigenvalue weighted by Gasteiger charge is 2.26. The van der Waals surface area contributed by atoms with E-state index in [1.165, 1.54) is 0 Å². The van der Waals surface area contributed by atoms with E-state index >= 15 is 0 Å². The number of benzene rings is 2. The van der Waals surface area contributed by atoms with Crippen LogP contribution >= 0.6 is 11.6 Å². The van der Waals surface area contributed by atoms with Gasteiger partial charge in [-0.05, 0) is 44.7 Å². The maximum absolute atomic E-state index is 12.7. The molecule has 0 spiro atoms. The highest BCUT2D eigenvalue weighted by molar-refractivity contribution is 6.28. The minimum atomic E-state index is -0.925. The predicted molar refractivity (Wildman–Crippen MR) is 128 cm³/mol. The van der Waals surface area contributed by atoms with Crippen molar-refractivity contribution in [1.29, 1.82) is 0 Å². The van der Waals surface area contributed by atoms with Crippen molar-refractivity contribution in [3.8, 4) is 0 Å². The summed E-state index contributed by atoms with van der Waals surface area (Å²) in [7, 11) is 0. The highest BCUT2D eigenvalue weighted by Crippen LogP contribution is 2.11. The maximum atomic E-state index is 12.7. The minimum Gasteiger partial charge on any atom is -0.459 e. The van der Waals surface area contributed by atoms with Crippen molar-refractivity contribution in [2.45, 2.75) is 58.5 Å². The SMILES string of the molecule is CC(C)(C)OC(=O)NC(CC/C(CCl)=N\OCc1ccccc1)C(=O)OCc1ccccc1. The maximum Gasteiger partial charge on any atom is 0.408 e. The molecule has 1 unspecified atom stereocenters. The van der Waals surface area contributed by atoms with Gasteiger partial charge in [0.25, 0.3) is 0 Å². The average Bonchev–Trinajstić information content (AvgIpc) is 2.79. The molecular formula is C25H31ClN2O5. The molecule has 0 saturated carbocycles. The van der Waals surface area contributed by atoms with Crippen molar-refractivity contribution in [3.63, 3.8) is 0 Å². The zero-order valence-corrected chi connectivity index (χ0v) is 20.0. The molecule has 0 aromatic heterocycles. The molecule has 0 radical (unpaired) electrons. The van der Waals surface area contributed by atoms with E-state index in [1.807, 2.05) is 60.7 Å². The summed E-state index contributed by atoms with van der Waals surface area (Å²) < 4.78 is 10.7. The lowest BCUT2D eigenvalue weighted by Gasteiger charge is -2.23. The second-order valence-corrected chi connectivity index (χ2v) is 8.65. The van der Waals surface area contributed by atoms with Crippen molar-refractivity contribution in [1.82, 2.24) is 5.32 Å². The molecule has 0 aliphatic rings. The fourth-order valence-electron chi connectivity index (χ4n) is 2.75. The number of rotatable bonds is 11. The quantitative estimate of drug-likeness (QED) is 0.209. The van der Waals surface area contributed by atoms with E-state index in [0.29, 0.717) is 18.7 Å². The Labute approximate surface area is 200 Å². The fraction of sp³-hybridized carbons (Fsp3) is 0.400. The van der Waals surface area contributed by atoms with Crippen molar-refractivity contribution in [2.75, 3.05) is 5.88 Å². The Bertz CT molecular complexity index is 898. The molecule has 1 amide bonds. The van der Waals surface area contributed by atoms with Gasteiger partial charge in [0, 0.05) is 0 Å². The third kappa shape index (κ3) is 10.9. The number of alkyl halides is 1. The van der Waals surface area contributed by atoms with Gasteiger partial charge in [-0.1, -0.05) is 65.8 Å². The lowest BCUT2D eigenvalue weighted by atomic mass is 10.1. The van der Waals surface area contributed by atoms with Crippen LogP contribution in [0.4, 0.5) is 4.79 Å². The number of nitrogens with zero attached hydrogens (tertiary/aromatic N) is 1. The van der Waals surface area contributed by atoms with Crippen LogP contribution in [-0.4, -0.2) is 35.3 Å². The van der Waals surface area contributed by atoms with Crippen LogP contribution < -0.4 is 5.32 Å². The number of hydrogen-bond acceptors (Lipinski definition) is 6. The van der Waals surface area contributed by atoms with Gasteiger partial charge in [0.15, 0.2) is 0 Å². The number of amides is 1. The van der Waals surface area contributed by atoms with Crippen molar-refractivity contribution in [3.05, 3.63) is 71.8 Å². The zero-order chi connectivity index (χ0) is 24.1. The van der Waals surface area contributed by atoms with Gasteiger partial charge in [0.2, 0.25) is 0 Å². The molecule has 1 atom stereocenters. The molecule has 178 valence electrons. The summed E-state index contributed by atoms with van der Waals surface area (Å²) in [4.78, 5) is 30.4. The Kier molecular flexibility index (Phi) is 10.7. The van der Waals surface area contributed by atoms with Crippen LogP contribution in [0, 0.1) is 0 Å². The van der Waals surface area contributed by atoms with E-state index in [1.54, 1.807) is 20.8 Å². The van der Waals surface area contributed by atoms with Crippen molar-refractivity contribution >= 4 is 29.4 Å². The second kappa shape index (κ2) is 13.5. The van der Waals surface area contributed by atoms with Gasteiger partial charge in [0.05, 0.1) is 11.6 Å². The minimum absolute atomic E-state index is 0.100. The lowest BCUT2D eigenvalue weighted by molar-refractivity contribution is -0.147. The molecular weight excluding hydrogens is 444 g/mol. The van der Waals surface area contributed by atoms with Crippen LogP contribution in [0.3, 0.4) is 0 Å². The van der Waals surface area contributed by atoms with Gasteiger partial charge >= 0.3 is 12.1 Å². The molecule has 0 fully saturated rings.